The summed E-state index contributed by atoms with van der Waals surface area (Å²) in [7, 11) is 0. The fourth-order valence-corrected chi connectivity index (χ4v) is 2.53. The van der Waals surface area contributed by atoms with E-state index in [0.717, 1.165) is 27.4 Å². The van der Waals surface area contributed by atoms with Crippen molar-refractivity contribution in [2.24, 2.45) is 5.16 Å². The molecule has 0 bridgehead atoms. The minimum atomic E-state index is -0.218. The van der Waals surface area contributed by atoms with Gasteiger partial charge in [0.2, 0.25) is 0 Å². The van der Waals surface area contributed by atoms with Gasteiger partial charge in [0.1, 0.15) is 0 Å². The number of hydrogen-bond donors (Lipinski definition) is 1. The van der Waals surface area contributed by atoms with E-state index in [1.54, 1.807) is 11.3 Å². The summed E-state index contributed by atoms with van der Waals surface area (Å²) in [5, 5.41) is 8.74. The van der Waals surface area contributed by atoms with E-state index >= 15 is 0 Å². The van der Waals surface area contributed by atoms with Gasteiger partial charge in [0.25, 0.3) is 5.91 Å². The van der Waals surface area contributed by atoms with Gasteiger partial charge >= 0.3 is 0 Å². The highest BCUT2D eigenvalue weighted by Gasteiger charge is 2.06. The molecule has 0 spiro atoms. The summed E-state index contributed by atoms with van der Waals surface area (Å²) in [5.74, 6) is -0.218. The van der Waals surface area contributed by atoms with Crippen LogP contribution in [0.2, 0.25) is 0 Å². The number of nitrogens with zero attached hydrogens (tertiary/aromatic N) is 1. The van der Waals surface area contributed by atoms with E-state index < -0.39 is 0 Å². The molecule has 0 aliphatic carbocycles. The molecule has 2 rings (SSSR count). The van der Waals surface area contributed by atoms with Gasteiger partial charge < -0.3 is 10.2 Å². The normalized spacial score (nSPS) is 11.3. The molecule has 0 atom stereocenters. The minimum absolute atomic E-state index is 0.101. The van der Waals surface area contributed by atoms with Crippen LogP contribution in [0.25, 0.3) is 0 Å². The molecule has 0 aliphatic heterocycles. The van der Waals surface area contributed by atoms with Crippen molar-refractivity contribution in [3.63, 3.8) is 0 Å². The second-order valence-corrected chi connectivity index (χ2v) is 5.74. The molecular weight excluding hydrogens is 284 g/mol. The summed E-state index contributed by atoms with van der Waals surface area (Å²) in [6.45, 7) is 5.73. The van der Waals surface area contributed by atoms with Crippen LogP contribution in [0, 0.1) is 13.8 Å². The van der Waals surface area contributed by atoms with Crippen LogP contribution in [0.4, 0.5) is 5.69 Å². The van der Waals surface area contributed by atoms with Crippen LogP contribution in [0.15, 0.2) is 40.9 Å². The second-order valence-electron chi connectivity index (χ2n) is 4.79. The van der Waals surface area contributed by atoms with Crippen molar-refractivity contribution in [1.29, 1.82) is 0 Å². The highest BCUT2D eigenvalue weighted by molar-refractivity contribution is 7.12. The molecule has 5 heteroatoms. The number of carbonyl (C=O) groups is 1. The molecule has 0 unspecified atom stereocenters. The van der Waals surface area contributed by atoms with Crippen molar-refractivity contribution in [1.82, 2.24) is 0 Å². The molecule has 1 heterocycles. The van der Waals surface area contributed by atoms with Gasteiger partial charge in [0, 0.05) is 5.69 Å². The molecule has 110 valence electrons. The topological polar surface area (TPSA) is 50.7 Å². The van der Waals surface area contributed by atoms with Crippen LogP contribution in [-0.2, 0) is 9.63 Å². The Morgan fingerprint density at radius 3 is 2.81 bits per heavy atom. The van der Waals surface area contributed by atoms with Gasteiger partial charge in [-0.3, -0.25) is 4.79 Å². The number of oxime groups is 1. The summed E-state index contributed by atoms with van der Waals surface area (Å²) in [6, 6.07) is 9.79. The van der Waals surface area contributed by atoms with Gasteiger partial charge in [-0.25, -0.2) is 0 Å². The first-order valence-corrected chi connectivity index (χ1v) is 7.52. The van der Waals surface area contributed by atoms with E-state index in [4.69, 9.17) is 4.84 Å². The van der Waals surface area contributed by atoms with E-state index in [9.17, 15) is 4.79 Å². The fraction of sp³-hybridized carbons (Fsp3) is 0.250. The van der Waals surface area contributed by atoms with E-state index in [1.165, 1.54) is 0 Å². The first-order chi connectivity index (χ1) is 10.1. The average Bonchev–Trinajstić information content (AvgIpc) is 2.96. The minimum Gasteiger partial charge on any atom is -0.385 e. The molecule has 21 heavy (non-hydrogen) atoms. The molecule has 1 aromatic carbocycles. The number of thiophene rings is 1. The standard InChI is InChI=1S/C16H18N2O2S/c1-11-6-7-14(12(2)9-11)17-16(19)10-20-18-13(3)15-5-4-8-21-15/h4-9H,10H2,1-3H3,(H,17,19)/b18-13+. The molecule has 2 aromatic rings. The third-order valence-electron chi connectivity index (χ3n) is 2.93. The highest BCUT2D eigenvalue weighted by atomic mass is 32.1. The second kappa shape index (κ2) is 7.04. The molecule has 0 saturated heterocycles. The Morgan fingerprint density at radius 1 is 1.33 bits per heavy atom. The Balaban J connectivity index is 1.86. The third-order valence-corrected chi connectivity index (χ3v) is 3.91. The Hall–Kier alpha value is -2.14. The molecule has 0 saturated carbocycles. The van der Waals surface area contributed by atoms with Gasteiger partial charge in [-0.05, 0) is 43.8 Å². The predicted molar refractivity (Wildman–Crippen MR) is 87.0 cm³/mol. The van der Waals surface area contributed by atoms with Crippen LogP contribution in [0.5, 0.6) is 0 Å². The molecule has 1 aromatic heterocycles. The van der Waals surface area contributed by atoms with Gasteiger partial charge in [-0.2, -0.15) is 0 Å². The quantitative estimate of drug-likeness (QED) is 0.675. The van der Waals surface area contributed by atoms with Crippen LogP contribution in [-0.4, -0.2) is 18.2 Å². The summed E-state index contributed by atoms with van der Waals surface area (Å²) in [4.78, 5) is 17.9. The summed E-state index contributed by atoms with van der Waals surface area (Å²) in [5.41, 5.74) is 3.76. The lowest BCUT2D eigenvalue weighted by molar-refractivity contribution is -0.120. The Morgan fingerprint density at radius 2 is 2.14 bits per heavy atom. The van der Waals surface area contributed by atoms with Crippen molar-refractivity contribution < 1.29 is 9.63 Å². The highest BCUT2D eigenvalue weighted by Crippen LogP contribution is 2.15. The number of hydrogen-bond acceptors (Lipinski definition) is 4. The maximum atomic E-state index is 11.8. The summed E-state index contributed by atoms with van der Waals surface area (Å²) < 4.78 is 0. The third kappa shape index (κ3) is 4.43. The molecular formula is C16H18N2O2S. The lowest BCUT2D eigenvalue weighted by Gasteiger charge is -2.08. The number of carbonyl (C=O) groups excluding carboxylic acids is 1. The number of benzene rings is 1. The van der Waals surface area contributed by atoms with Crippen molar-refractivity contribution in [3.8, 4) is 0 Å². The van der Waals surface area contributed by atoms with Crippen LogP contribution in [0.1, 0.15) is 22.9 Å². The summed E-state index contributed by atoms with van der Waals surface area (Å²) in [6.07, 6.45) is 0. The zero-order chi connectivity index (χ0) is 15.2. The van der Waals surface area contributed by atoms with Gasteiger partial charge in [-0.1, -0.05) is 28.9 Å². The van der Waals surface area contributed by atoms with Crippen LogP contribution < -0.4 is 5.32 Å². The number of nitrogens with one attached hydrogen (secondary N) is 1. The zero-order valence-corrected chi connectivity index (χ0v) is 13.2. The fourth-order valence-electron chi connectivity index (χ4n) is 1.86. The van der Waals surface area contributed by atoms with Crippen molar-refractivity contribution in [2.75, 3.05) is 11.9 Å². The Kier molecular flexibility index (Phi) is 5.11. The van der Waals surface area contributed by atoms with Gasteiger partial charge in [-0.15, -0.1) is 11.3 Å². The lowest BCUT2D eigenvalue weighted by atomic mass is 10.1. The first kappa shape index (κ1) is 15.3. The van der Waals surface area contributed by atoms with E-state index in [-0.39, 0.29) is 12.5 Å². The predicted octanol–water partition coefficient (Wildman–Crippen LogP) is 3.74. The average molecular weight is 302 g/mol. The maximum absolute atomic E-state index is 11.8. The van der Waals surface area contributed by atoms with Crippen molar-refractivity contribution in [2.45, 2.75) is 20.8 Å². The van der Waals surface area contributed by atoms with Crippen LogP contribution in [0.3, 0.4) is 0 Å². The SMILES string of the molecule is C/C(=N\OCC(=O)Nc1ccc(C)cc1C)c1cccs1. The molecule has 1 N–H and O–H groups in total. The summed E-state index contributed by atoms with van der Waals surface area (Å²) >= 11 is 1.58. The maximum Gasteiger partial charge on any atom is 0.265 e. The number of amides is 1. The Bertz CT molecular complexity index is 648. The van der Waals surface area contributed by atoms with Gasteiger partial charge in [0.15, 0.2) is 6.61 Å². The number of anilines is 1. The van der Waals surface area contributed by atoms with E-state index in [2.05, 4.69) is 10.5 Å². The molecule has 0 fully saturated rings. The largest absolute Gasteiger partial charge is 0.385 e. The first-order valence-electron chi connectivity index (χ1n) is 6.64. The Labute approximate surface area is 128 Å². The molecule has 4 nitrogen and oxygen atoms in total. The van der Waals surface area contributed by atoms with E-state index in [0.29, 0.717) is 0 Å². The van der Waals surface area contributed by atoms with Gasteiger partial charge in [0.05, 0.1) is 10.6 Å². The smallest absolute Gasteiger partial charge is 0.265 e. The van der Waals surface area contributed by atoms with Crippen molar-refractivity contribution >= 4 is 28.6 Å². The van der Waals surface area contributed by atoms with Crippen LogP contribution >= 0.6 is 11.3 Å². The molecule has 1 amide bonds. The monoisotopic (exact) mass is 302 g/mol. The van der Waals surface area contributed by atoms with Crippen molar-refractivity contribution in [3.05, 3.63) is 51.7 Å². The zero-order valence-electron chi connectivity index (χ0n) is 12.3. The molecule has 0 radical (unpaired) electrons. The molecule has 0 aliphatic rings. The number of rotatable bonds is 5. The number of aryl methyl sites for hydroxylation is 2. The lowest BCUT2D eigenvalue weighted by Crippen LogP contribution is -2.18. The van der Waals surface area contributed by atoms with E-state index in [1.807, 2.05) is 56.5 Å².